The van der Waals surface area contributed by atoms with E-state index in [1.807, 2.05) is 6.07 Å². The van der Waals surface area contributed by atoms with E-state index < -0.39 is 11.6 Å². The molecule has 0 fully saturated rings. The van der Waals surface area contributed by atoms with Gasteiger partial charge in [0.05, 0.1) is 0 Å². The van der Waals surface area contributed by atoms with Gasteiger partial charge in [0, 0.05) is 5.56 Å². The number of phenols is 1. The molecule has 0 bridgehead atoms. The summed E-state index contributed by atoms with van der Waals surface area (Å²) < 4.78 is 32.1. The number of hydrogen-bond donors (Lipinski definition) is 1. The molecule has 0 aliphatic rings. The molecule has 3 aromatic rings. The van der Waals surface area contributed by atoms with E-state index in [1.165, 1.54) is 0 Å². The van der Waals surface area contributed by atoms with Crippen LogP contribution in [0.15, 0.2) is 54.6 Å². The molecule has 106 valence electrons. The van der Waals surface area contributed by atoms with E-state index >= 15 is 0 Å². The molecule has 0 aromatic heterocycles. The van der Waals surface area contributed by atoms with E-state index in [2.05, 4.69) is 0 Å². The zero-order chi connectivity index (χ0) is 14.8. The van der Waals surface area contributed by atoms with Crippen molar-refractivity contribution >= 4 is 10.8 Å². The summed E-state index contributed by atoms with van der Waals surface area (Å²) in [4.78, 5) is 0. The minimum absolute atomic E-state index is 0.0616. The molecule has 2 nitrogen and oxygen atoms in total. The third-order valence-corrected chi connectivity index (χ3v) is 3.20. The van der Waals surface area contributed by atoms with Crippen LogP contribution in [-0.2, 0) is 6.61 Å². The highest BCUT2D eigenvalue weighted by Gasteiger charge is 2.05. The summed E-state index contributed by atoms with van der Waals surface area (Å²) in [5.41, 5.74) is 0.158. The molecule has 0 aliphatic heterocycles. The number of aromatic hydroxyl groups is 1. The van der Waals surface area contributed by atoms with Crippen LogP contribution in [0.1, 0.15) is 5.56 Å². The summed E-state index contributed by atoms with van der Waals surface area (Å²) in [5, 5.41) is 11.2. The normalized spacial score (nSPS) is 10.8. The molecule has 3 rings (SSSR count). The first-order valence-electron chi connectivity index (χ1n) is 6.41. The Morgan fingerprint density at radius 2 is 1.67 bits per heavy atom. The molecule has 0 unspecified atom stereocenters. The minimum Gasteiger partial charge on any atom is -0.508 e. The van der Waals surface area contributed by atoms with Crippen LogP contribution >= 0.6 is 0 Å². The molecule has 1 N–H and O–H groups in total. The molecule has 0 radical (unpaired) electrons. The van der Waals surface area contributed by atoms with Crippen molar-refractivity contribution in [1.82, 2.24) is 0 Å². The van der Waals surface area contributed by atoms with Crippen LogP contribution in [0, 0.1) is 11.6 Å². The second kappa shape index (κ2) is 5.40. The van der Waals surface area contributed by atoms with Crippen LogP contribution in [0.25, 0.3) is 10.8 Å². The third kappa shape index (κ3) is 2.94. The predicted molar refractivity (Wildman–Crippen MR) is 76.3 cm³/mol. The smallest absolute Gasteiger partial charge is 0.130 e. The van der Waals surface area contributed by atoms with Crippen molar-refractivity contribution in [2.24, 2.45) is 0 Å². The van der Waals surface area contributed by atoms with Gasteiger partial charge in [-0.3, -0.25) is 0 Å². The van der Waals surface area contributed by atoms with Crippen LogP contribution in [0.2, 0.25) is 0 Å². The molecular weight excluding hydrogens is 274 g/mol. The summed E-state index contributed by atoms with van der Waals surface area (Å²) in [6.07, 6.45) is 0. The quantitative estimate of drug-likeness (QED) is 0.773. The second-order valence-corrected chi connectivity index (χ2v) is 4.72. The van der Waals surface area contributed by atoms with Crippen LogP contribution < -0.4 is 4.74 Å². The van der Waals surface area contributed by atoms with Crippen molar-refractivity contribution in [2.45, 2.75) is 6.61 Å². The van der Waals surface area contributed by atoms with E-state index in [0.29, 0.717) is 5.75 Å². The van der Waals surface area contributed by atoms with Gasteiger partial charge in [-0.05, 0) is 53.2 Å². The van der Waals surface area contributed by atoms with Crippen LogP contribution in [0.3, 0.4) is 0 Å². The van der Waals surface area contributed by atoms with Gasteiger partial charge in [0.25, 0.3) is 0 Å². The lowest BCUT2D eigenvalue weighted by Crippen LogP contribution is -1.99. The number of ether oxygens (including phenoxy) is 1. The van der Waals surface area contributed by atoms with E-state index in [0.717, 1.165) is 29.0 Å². The number of rotatable bonds is 3. The van der Waals surface area contributed by atoms with Crippen molar-refractivity contribution in [3.8, 4) is 11.5 Å². The highest BCUT2D eigenvalue weighted by atomic mass is 19.1. The van der Waals surface area contributed by atoms with E-state index in [-0.39, 0.29) is 17.9 Å². The highest BCUT2D eigenvalue weighted by molar-refractivity contribution is 5.85. The molecule has 3 aromatic carbocycles. The van der Waals surface area contributed by atoms with Crippen molar-refractivity contribution in [1.29, 1.82) is 0 Å². The molecule has 0 saturated heterocycles. The fraction of sp³-hybridized carbons (Fsp3) is 0.0588. The second-order valence-electron chi connectivity index (χ2n) is 4.72. The molecule has 0 spiro atoms. The molecule has 0 saturated carbocycles. The molecule has 0 amide bonds. The van der Waals surface area contributed by atoms with Crippen LogP contribution in [0.5, 0.6) is 11.5 Å². The fourth-order valence-corrected chi connectivity index (χ4v) is 2.12. The van der Waals surface area contributed by atoms with Gasteiger partial charge in [-0.2, -0.15) is 0 Å². The maximum atomic E-state index is 13.5. The van der Waals surface area contributed by atoms with Crippen LogP contribution in [-0.4, -0.2) is 5.11 Å². The Bertz CT molecular complexity index is 800. The maximum absolute atomic E-state index is 13.5. The summed E-state index contributed by atoms with van der Waals surface area (Å²) in [7, 11) is 0. The predicted octanol–water partition coefficient (Wildman–Crippen LogP) is 4.40. The topological polar surface area (TPSA) is 29.5 Å². The summed E-state index contributed by atoms with van der Waals surface area (Å²) in [6, 6.07) is 13.6. The van der Waals surface area contributed by atoms with Gasteiger partial charge in [0.2, 0.25) is 0 Å². The first kappa shape index (κ1) is 13.4. The number of fused-ring (bicyclic) bond motifs is 1. The Balaban J connectivity index is 1.83. The van der Waals surface area contributed by atoms with Gasteiger partial charge < -0.3 is 9.84 Å². The van der Waals surface area contributed by atoms with Crippen molar-refractivity contribution < 1.29 is 18.6 Å². The highest BCUT2D eigenvalue weighted by Crippen LogP contribution is 2.25. The Labute approximate surface area is 120 Å². The summed E-state index contributed by atoms with van der Waals surface area (Å²) in [6.45, 7) is -0.0616. The van der Waals surface area contributed by atoms with Crippen LogP contribution in [0.4, 0.5) is 8.78 Å². The van der Waals surface area contributed by atoms with Crippen molar-refractivity contribution in [3.63, 3.8) is 0 Å². The number of halogens is 2. The largest absolute Gasteiger partial charge is 0.508 e. The molecule has 21 heavy (non-hydrogen) atoms. The molecular formula is C17H12F2O2. The Hall–Kier alpha value is -2.62. The number of benzene rings is 3. The van der Waals surface area contributed by atoms with E-state index in [9.17, 15) is 13.9 Å². The lowest BCUT2D eigenvalue weighted by molar-refractivity contribution is 0.299. The Morgan fingerprint density at radius 1 is 0.857 bits per heavy atom. The Morgan fingerprint density at radius 3 is 2.52 bits per heavy atom. The number of phenolic OH excluding ortho intramolecular Hbond substituents is 1. The van der Waals surface area contributed by atoms with Gasteiger partial charge in [-0.1, -0.05) is 12.1 Å². The van der Waals surface area contributed by atoms with Crippen molar-refractivity contribution in [3.05, 3.63) is 71.8 Å². The molecule has 4 heteroatoms. The zero-order valence-corrected chi connectivity index (χ0v) is 11.0. The zero-order valence-electron chi connectivity index (χ0n) is 11.0. The molecule has 0 heterocycles. The average molecular weight is 286 g/mol. The summed E-state index contributed by atoms with van der Waals surface area (Å²) in [5.74, 6) is -0.319. The van der Waals surface area contributed by atoms with Gasteiger partial charge in [0.1, 0.15) is 29.7 Å². The maximum Gasteiger partial charge on any atom is 0.130 e. The SMILES string of the molecule is Oc1ccc2ccc(OCc3cc(F)ccc3F)cc2c1. The summed E-state index contributed by atoms with van der Waals surface area (Å²) >= 11 is 0. The monoisotopic (exact) mass is 286 g/mol. The van der Waals surface area contributed by atoms with E-state index in [1.54, 1.807) is 30.3 Å². The standard InChI is InChI=1S/C17H12F2O2/c18-14-3-6-17(19)13(7-14)10-21-16-5-2-11-1-4-15(20)8-12(11)9-16/h1-9,20H,10H2. The fourth-order valence-electron chi connectivity index (χ4n) is 2.12. The van der Waals surface area contributed by atoms with Gasteiger partial charge in [-0.25, -0.2) is 8.78 Å². The molecule has 0 aliphatic carbocycles. The lowest BCUT2D eigenvalue weighted by atomic mass is 10.1. The third-order valence-electron chi connectivity index (χ3n) is 3.20. The lowest BCUT2D eigenvalue weighted by Gasteiger charge is -2.08. The first-order valence-corrected chi connectivity index (χ1v) is 6.41. The molecule has 0 atom stereocenters. The Kier molecular flexibility index (Phi) is 3.44. The first-order chi connectivity index (χ1) is 10.1. The minimum atomic E-state index is -0.505. The van der Waals surface area contributed by atoms with Gasteiger partial charge in [-0.15, -0.1) is 0 Å². The van der Waals surface area contributed by atoms with Crippen molar-refractivity contribution in [2.75, 3.05) is 0 Å². The average Bonchev–Trinajstić information content (AvgIpc) is 2.47. The van der Waals surface area contributed by atoms with E-state index in [4.69, 9.17) is 4.74 Å². The van der Waals surface area contributed by atoms with Gasteiger partial charge in [0.15, 0.2) is 0 Å². The number of hydrogen-bond acceptors (Lipinski definition) is 2. The van der Waals surface area contributed by atoms with Gasteiger partial charge >= 0.3 is 0 Å².